The first-order chi connectivity index (χ1) is 16.5. The van der Waals surface area contributed by atoms with Crippen LogP contribution in [0.25, 0.3) is 0 Å². The van der Waals surface area contributed by atoms with E-state index in [-0.39, 0.29) is 12.5 Å². The Morgan fingerprint density at radius 3 is 2.47 bits per heavy atom. The van der Waals surface area contributed by atoms with Crippen LogP contribution in [0, 0.1) is 5.92 Å². The molecule has 1 aliphatic rings. The number of methoxy groups -OCH3 is 1. The van der Waals surface area contributed by atoms with Gasteiger partial charge in [0.2, 0.25) is 11.9 Å². The molecule has 9 nitrogen and oxygen atoms in total. The van der Waals surface area contributed by atoms with Crippen molar-refractivity contribution in [3.63, 3.8) is 0 Å². The van der Waals surface area contributed by atoms with Crippen LogP contribution in [0.2, 0.25) is 0 Å². The predicted molar refractivity (Wildman–Crippen MR) is 129 cm³/mol. The number of carbonyl (C=O) groups is 1. The maximum atomic E-state index is 13.5. The third-order valence-corrected chi connectivity index (χ3v) is 5.69. The highest BCUT2D eigenvalue weighted by atomic mass is 16.5. The predicted octanol–water partition coefficient (Wildman–Crippen LogP) is 3.56. The lowest BCUT2D eigenvalue weighted by Gasteiger charge is -2.30. The van der Waals surface area contributed by atoms with Crippen LogP contribution in [-0.2, 0) is 11.2 Å². The van der Waals surface area contributed by atoms with Crippen molar-refractivity contribution in [3.05, 3.63) is 59.9 Å². The first-order valence-electron chi connectivity index (χ1n) is 11.3. The smallest absolute Gasteiger partial charge is 0.248 e. The number of nitrogens with zero attached hydrogens (tertiary/aromatic N) is 4. The second kappa shape index (κ2) is 10.5. The molecule has 2 heterocycles. The Labute approximate surface area is 198 Å². The zero-order valence-corrected chi connectivity index (χ0v) is 19.6. The van der Waals surface area contributed by atoms with E-state index in [0.717, 1.165) is 11.3 Å². The van der Waals surface area contributed by atoms with Gasteiger partial charge in [-0.2, -0.15) is 10.1 Å². The number of benzene rings is 2. The fourth-order valence-corrected chi connectivity index (χ4v) is 4.05. The minimum Gasteiger partial charge on any atom is -0.497 e. The van der Waals surface area contributed by atoms with E-state index >= 15 is 0 Å². The second-order valence-electron chi connectivity index (χ2n) is 8.00. The molecular weight excluding hydrogens is 434 g/mol. The highest BCUT2D eigenvalue weighted by Crippen LogP contribution is 2.37. The van der Waals surface area contributed by atoms with Crippen LogP contribution in [-0.4, -0.2) is 51.8 Å². The summed E-state index contributed by atoms with van der Waals surface area (Å²) in [5.74, 6) is 1.73. The molecule has 1 aliphatic heterocycles. The van der Waals surface area contributed by atoms with Crippen molar-refractivity contribution in [2.45, 2.75) is 32.7 Å². The van der Waals surface area contributed by atoms with Gasteiger partial charge in [0.15, 0.2) is 5.82 Å². The highest BCUT2D eigenvalue weighted by Gasteiger charge is 2.39. The molecule has 0 fully saturated rings. The van der Waals surface area contributed by atoms with Crippen LogP contribution >= 0.6 is 0 Å². The lowest BCUT2D eigenvalue weighted by atomic mass is 9.87. The third kappa shape index (κ3) is 4.94. The monoisotopic (exact) mass is 463 g/mol. The zero-order chi connectivity index (χ0) is 24.1. The summed E-state index contributed by atoms with van der Waals surface area (Å²) in [7, 11) is 1.60. The summed E-state index contributed by atoms with van der Waals surface area (Å²) in [6, 6.07) is 14.4. The number of fused-ring (bicyclic) bond motifs is 1. The highest BCUT2D eigenvalue weighted by molar-refractivity contribution is 6.10. The van der Waals surface area contributed by atoms with Gasteiger partial charge in [-0.3, -0.25) is 4.79 Å². The van der Waals surface area contributed by atoms with E-state index in [0.29, 0.717) is 48.4 Å². The summed E-state index contributed by atoms with van der Waals surface area (Å²) in [4.78, 5) is 22.7. The third-order valence-electron chi connectivity index (χ3n) is 5.69. The topological polar surface area (TPSA) is 111 Å². The summed E-state index contributed by atoms with van der Waals surface area (Å²) in [5, 5.41) is 16.9. The summed E-state index contributed by atoms with van der Waals surface area (Å²) < 4.78 is 12.5. The van der Waals surface area contributed by atoms with Gasteiger partial charge in [-0.25, -0.2) is 9.67 Å². The molecule has 0 saturated heterocycles. The van der Waals surface area contributed by atoms with E-state index in [2.05, 4.69) is 20.4 Å². The van der Waals surface area contributed by atoms with Crippen molar-refractivity contribution in [1.82, 2.24) is 14.8 Å². The Morgan fingerprint density at radius 1 is 1.12 bits per heavy atom. The Kier molecular flexibility index (Phi) is 7.22. The molecule has 0 radical (unpaired) electrons. The van der Waals surface area contributed by atoms with E-state index in [1.165, 1.54) is 0 Å². The average Bonchev–Trinajstić information content (AvgIpc) is 3.25. The van der Waals surface area contributed by atoms with E-state index in [1.54, 1.807) is 36.1 Å². The molecule has 2 atom stereocenters. The number of amides is 1. The number of aromatic nitrogens is 3. The first kappa shape index (κ1) is 23.4. The van der Waals surface area contributed by atoms with E-state index in [1.807, 2.05) is 38.1 Å². The van der Waals surface area contributed by atoms with E-state index < -0.39 is 12.0 Å². The van der Waals surface area contributed by atoms with Crippen LogP contribution in [0.4, 0.5) is 11.6 Å². The molecule has 0 bridgehead atoms. The Morgan fingerprint density at radius 2 is 1.82 bits per heavy atom. The number of ether oxygens (including phenoxy) is 2. The number of nitrogens with one attached hydrogen (secondary N) is 1. The van der Waals surface area contributed by atoms with Crippen LogP contribution < -0.4 is 14.8 Å². The van der Waals surface area contributed by atoms with Gasteiger partial charge in [0, 0.05) is 24.4 Å². The number of hydrogen-bond acceptors (Lipinski definition) is 7. The van der Waals surface area contributed by atoms with Gasteiger partial charge >= 0.3 is 0 Å². The molecule has 1 amide bonds. The van der Waals surface area contributed by atoms with Crippen LogP contribution in [0.15, 0.2) is 53.5 Å². The van der Waals surface area contributed by atoms with Crippen molar-refractivity contribution in [2.24, 2.45) is 10.9 Å². The molecule has 2 N–H and O–H groups in total. The Hall–Kier alpha value is -3.72. The molecule has 1 aromatic heterocycles. The van der Waals surface area contributed by atoms with Crippen LogP contribution in [0.1, 0.15) is 37.7 Å². The van der Waals surface area contributed by atoms with Gasteiger partial charge in [0.25, 0.3) is 0 Å². The molecule has 2 aromatic carbocycles. The van der Waals surface area contributed by atoms with Gasteiger partial charge in [0.1, 0.15) is 17.4 Å². The van der Waals surface area contributed by atoms with E-state index in [4.69, 9.17) is 9.47 Å². The van der Waals surface area contributed by atoms with Crippen molar-refractivity contribution < 1.29 is 19.4 Å². The number of aliphatic imine (C=N–C) groups is 1. The zero-order valence-electron chi connectivity index (χ0n) is 19.6. The maximum Gasteiger partial charge on any atom is 0.248 e. The van der Waals surface area contributed by atoms with Crippen molar-refractivity contribution >= 4 is 23.3 Å². The average molecular weight is 464 g/mol. The van der Waals surface area contributed by atoms with Crippen molar-refractivity contribution in [1.29, 1.82) is 0 Å². The summed E-state index contributed by atoms with van der Waals surface area (Å²) in [6.07, 6.45) is 1.09. The summed E-state index contributed by atoms with van der Waals surface area (Å²) >= 11 is 0. The number of hydrogen-bond donors (Lipinski definition) is 2. The number of rotatable bonds is 9. The Bertz CT molecular complexity index is 1160. The molecule has 0 aliphatic carbocycles. The van der Waals surface area contributed by atoms with Gasteiger partial charge in [-0.15, -0.1) is 0 Å². The number of aliphatic hydroxyl groups is 1. The van der Waals surface area contributed by atoms with Crippen LogP contribution in [0.3, 0.4) is 0 Å². The second-order valence-corrected chi connectivity index (χ2v) is 8.00. The summed E-state index contributed by atoms with van der Waals surface area (Å²) in [6.45, 7) is 4.40. The Balaban J connectivity index is 1.70. The van der Waals surface area contributed by atoms with Gasteiger partial charge in [-0.05, 0) is 62.2 Å². The molecule has 9 heteroatoms. The number of aliphatic hydroxyl groups excluding tert-OH is 1. The van der Waals surface area contributed by atoms with E-state index in [9.17, 15) is 9.90 Å². The lowest BCUT2D eigenvalue weighted by molar-refractivity contribution is -0.118. The minimum absolute atomic E-state index is 0.0569. The molecule has 34 heavy (non-hydrogen) atoms. The van der Waals surface area contributed by atoms with Gasteiger partial charge in [-0.1, -0.05) is 12.1 Å². The number of anilines is 1. The fourth-order valence-electron chi connectivity index (χ4n) is 4.05. The molecule has 178 valence electrons. The van der Waals surface area contributed by atoms with Gasteiger partial charge in [0.05, 0.1) is 19.8 Å². The molecular formula is C25H29N5O4. The quantitative estimate of drug-likeness (QED) is 0.502. The lowest BCUT2D eigenvalue weighted by Crippen LogP contribution is -2.39. The number of carbonyl (C=O) groups excluding carboxylic acids is 1. The SMILES string of the molecule is CCOc1ccc(C2C(C(=O)Nc3ccc(OC)cc3)C(C)=Nc3nc(CCCO)nn32)cc1. The van der Waals surface area contributed by atoms with Crippen molar-refractivity contribution in [2.75, 3.05) is 25.6 Å². The molecule has 3 aromatic rings. The molecule has 4 rings (SSSR count). The first-order valence-corrected chi connectivity index (χ1v) is 11.3. The summed E-state index contributed by atoms with van der Waals surface area (Å²) in [5.41, 5.74) is 2.21. The normalized spacial score (nSPS) is 17.0. The van der Waals surface area contributed by atoms with Gasteiger partial charge < -0.3 is 19.9 Å². The fraction of sp³-hybridized carbons (Fsp3) is 0.360. The minimum atomic E-state index is -0.597. The standard InChI is InChI=1S/C25H29N5O4/c1-4-34-20-11-7-17(8-12-20)23-22(24(32)27-18-9-13-19(33-3)14-10-18)16(2)26-25-28-21(6-5-15-31)29-30(23)25/h7-14,22-23,31H,4-6,15H2,1-3H3,(H,27,32). The van der Waals surface area contributed by atoms with Crippen LogP contribution in [0.5, 0.6) is 11.5 Å². The molecule has 2 unspecified atom stereocenters. The largest absolute Gasteiger partial charge is 0.497 e. The molecule has 0 spiro atoms. The maximum absolute atomic E-state index is 13.5. The molecule has 0 saturated carbocycles. The van der Waals surface area contributed by atoms with Crippen molar-refractivity contribution in [3.8, 4) is 11.5 Å². The number of aryl methyl sites for hydroxylation is 1.